The highest BCUT2D eigenvalue weighted by molar-refractivity contribution is 6.32. The summed E-state index contributed by atoms with van der Waals surface area (Å²) >= 11 is 5.70. The normalized spacial score (nSPS) is 9.96. The van der Waals surface area contributed by atoms with Crippen LogP contribution in [-0.4, -0.2) is 30.0 Å². The van der Waals surface area contributed by atoms with Crippen molar-refractivity contribution in [1.29, 1.82) is 0 Å². The maximum atomic E-state index is 11.8. The molecular formula is C16H15ClN4O4. The topological polar surface area (TPSA) is 113 Å². The predicted molar refractivity (Wildman–Crippen MR) is 93.9 cm³/mol. The molecule has 0 aromatic heterocycles. The molecule has 2 aromatic rings. The summed E-state index contributed by atoms with van der Waals surface area (Å²) in [6.45, 7) is 0.433. The Morgan fingerprint density at radius 3 is 2.40 bits per heavy atom. The molecule has 9 heteroatoms. The maximum Gasteiger partial charge on any atom is 0.319 e. The van der Waals surface area contributed by atoms with E-state index in [2.05, 4.69) is 16.0 Å². The minimum atomic E-state index is -0.634. The third-order valence-electron chi connectivity index (χ3n) is 3.13. The highest BCUT2D eigenvalue weighted by Gasteiger charge is 2.13. The van der Waals surface area contributed by atoms with E-state index >= 15 is 0 Å². The molecule has 0 atom stereocenters. The van der Waals surface area contributed by atoms with Crippen LogP contribution in [0.3, 0.4) is 0 Å². The van der Waals surface area contributed by atoms with E-state index < -0.39 is 11.0 Å². The second-order valence-corrected chi connectivity index (χ2v) is 5.33. The second kappa shape index (κ2) is 8.65. The van der Waals surface area contributed by atoms with Crippen molar-refractivity contribution in [2.45, 2.75) is 0 Å². The summed E-state index contributed by atoms with van der Waals surface area (Å²) in [5, 5.41) is 18.4. The Kier molecular flexibility index (Phi) is 6.30. The minimum absolute atomic E-state index is 0.0143. The second-order valence-electron chi connectivity index (χ2n) is 4.93. The molecule has 0 fully saturated rings. The molecule has 2 aromatic carbocycles. The molecular weight excluding hydrogens is 348 g/mol. The van der Waals surface area contributed by atoms with Crippen LogP contribution in [0.15, 0.2) is 48.5 Å². The molecule has 0 saturated heterocycles. The van der Waals surface area contributed by atoms with E-state index in [1.807, 2.05) is 6.07 Å². The van der Waals surface area contributed by atoms with Crippen molar-refractivity contribution in [3.63, 3.8) is 0 Å². The Morgan fingerprint density at radius 2 is 1.72 bits per heavy atom. The molecule has 8 nitrogen and oxygen atoms in total. The van der Waals surface area contributed by atoms with E-state index in [0.717, 1.165) is 0 Å². The van der Waals surface area contributed by atoms with Gasteiger partial charge in [0.15, 0.2) is 0 Å². The molecule has 0 aliphatic heterocycles. The van der Waals surface area contributed by atoms with Crippen LogP contribution >= 0.6 is 11.6 Å². The van der Waals surface area contributed by atoms with Crippen LogP contribution in [-0.2, 0) is 0 Å². The average Bonchev–Trinajstić information content (AvgIpc) is 2.60. The molecule has 2 rings (SSSR count). The lowest BCUT2D eigenvalue weighted by Gasteiger charge is -2.09. The van der Waals surface area contributed by atoms with E-state index in [1.54, 1.807) is 24.3 Å². The third kappa shape index (κ3) is 5.47. The predicted octanol–water partition coefficient (Wildman–Crippen LogP) is 2.80. The first-order valence-electron chi connectivity index (χ1n) is 7.29. The van der Waals surface area contributed by atoms with E-state index in [9.17, 15) is 19.7 Å². The first kappa shape index (κ1) is 18.2. The van der Waals surface area contributed by atoms with Crippen LogP contribution < -0.4 is 16.0 Å². The molecule has 130 valence electrons. The number of carbonyl (C=O) groups excluding carboxylic acids is 2. The van der Waals surface area contributed by atoms with Gasteiger partial charge in [-0.25, -0.2) is 4.79 Å². The fourth-order valence-electron chi connectivity index (χ4n) is 1.95. The molecule has 0 aliphatic rings. The monoisotopic (exact) mass is 362 g/mol. The average molecular weight is 363 g/mol. The lowest BCUT2D eigenvalue weighted by atomic mass is 10.2. The fourth-order valence-corrected chi connectivity index (χ4v) is 2.14. The van der Waals surface area contributed by atoms with Crippen LogP contribution in [0, 0.1) is 10.1 Å². The Labute approximate surface area is 148 Å². The van der Waals surface area contributed by atoms with Crippen LogP contribution in [0.25, 0.3) is 0 Å². The van der Waals surface area contributed by atoms with Crippen molar-refractivity contribution in [2.24, 2.45) is 0 Å². The van der Waals surface area contributed by atoms with Gasteiger partial charge in [-0.15, -0.1) is 0 Å². The minimum Gasteiger partial charge on any atom is -0.350 e. The molecule has 0 bridgehead atoms. The number of nitro groups is 1. The Bertz CT molecular complexity index is 783. The summed E-state index contributed by atoms with van der Waals surface area (Å²) in [5.74, 6) is -0.240. The highest BCUT2D eigenvalue weighted by atomic mass is 35.5. The van der Waals surface area contributed by atoms with Crippen molar-refractivity contribution in [3.05, 3.63) is 69.2 Å². The van der Waals surface area contributed by atoms with E-state index in [4.69, 9.17) is 11.6 Å². The van der Waals surface area contributed by atoms with Crippen molar-refractivity contribution < 1.29 is 14.5 Å². The first-order valence-corrected chi connectivity index (χ1v) is 7.67. The van der Waals surface area contributed by atoms with E-state index in [1.165, 1.54) is 18.2 Å². The number of hydrogen-bond acceptors (Lipinski definition) is 4. The number of halogens is 1. The SMILES string of the molecule is O=C(NCCNC(=O)c1ccccc1)Nc1ccc(Cl)c([N+](=O)[O-])c1. The maximum absolute atomic E-state index is 11.8. The van der Waals surface area contributed by atoms with Gasteiger partial charge < -0.3 is 16.0 Å². The van der Waals surface area contributed by atoms with Gasteiger partial charge >= 0.3 is 6.03 Å². The van der Waals surface area contributed by atoms with Crippen molar-refractivity contribution >= 4 is 34.9 Å². The number of urea groups is 1. The highest BCUT2D eigenvalue weighted by Crippen LogP contribution is 2.27. The number of rotatable bonds is 6. The van der Waals surface area contributed by atoms with Crippen molar-refractivity contribution in [2.75, 3.05) is 18.4 Å². The summed E-state index contributed by atoms with van der Waals surface area (Å²) in [7, 11) is 0. The van der Waals surface area contributed by atoms with Gasteiger partial charge in [0.05, 0.1) is 4.92 Å². The van der Waals surface area contributed by atoms with Crippen LogP contribution in [0.4, 0.5) is 16.2 Å². The van der Waals surface area contributed by atoms with Crippen LogP contribution in [0.2, 0.25) is 5.02 Å². The van der Waals surface area contributed by atoms with Gasteiger partial charge in [0.1, 0.15) is 5.02 Å². The largest absolute Gasteiger partial charge is 0.350 e. The van der Waals surface area contributed by atoms with Gasteiger partial charge in [-0.1, -0.05) is 29.8 Å². The Hall–Kier alpha value is -3.13. The molecule has 0 heterocycles. The lowest BCUT2D eigenvalue weighted by Crippen LogP contribution is -2.36. The van der Waals surface area contributed by atoms with Gasteiger partial charge in [0, 0.05) is 30.4 Å². The quantitative estimate of drug-likeness (QED) is 0.416. The molecule has 25 heavy (non-hydrogen) atoms. The summed E-state index contributed by atoms with van der Waals surface area (Å²) in [6, 6.07) is 12.1. The molecule has 0 radical (unpaired) electrons. The number of amides is 3. The van der Waals surface area contributed by atoms with Crippen molar-refractivity contribution in [3.8, 4) is 0 Å². The van der Waals surface area contributed by atoms with Gasteiger partial charge in [-0.3, -0.25) is 14.9 Å². The molecule has 0 unspecified atom stereocenters. The fraction of sp³-hybridized carbons (Fsp3) is 0.125. The van der Waals surface area contributed by atoms with Gasteiger partial charge in [0.25, 0.3) is 11.6 Å². The molecule has 3 amide bonds. The molecule has 3 N–H and O–H groups in total. The van der Waals surface area contributed by atoms with Gasteiger partial charge in [-0.2, -0.15) is 0 Å². The number of carbonyl (C=O) groups is 2. The Morgan fingerprint density at radius 1 is 1.04 bits per heavy atom. The number of nitrogens with one attached hydrogen (secondary N) is 3. The number of anilines is 1. The van der Waals surface area contributed by atoms with Crippen LogP contribution in [0.5, 0.6) is 0 Å². The number of nitrogens with zero attached hydrogens (tertiary/aromatic N) is 1. The summed E-state index contributed by atoms with van der Waals surface area (Å²) in [6.07, 6.45) is 0. The number of benzene rings is 2. The van der Waals surface area contributed by atoms with Crippen LogP contribution in [0.1, 0.15) is 10.4 Å². The number of nitro benzene ring substituents is 1. The van der Waals surface area contributed by atoms with E-state index in [0.29, 0.717) is 5.56 Å². The summed E-state index contributed by atoms with van der Waals surface area (Å²) < 4.78 is 0. The summed E-state index contributed by atoms with van der Waals surface area (Å²) in [4.78, 5) is 33.7. The molecule has 0 aliphatic carbocycles. The zero-order chi connectivity index (χ0) is 18.2. The summed E-state index contributed by atoms with van der Waals surface area (Å²) in [5.41, 5.74) is 0.469. The molecule has 0 saturated carbocycles. The third-order valence-corrected chi connectivity index (χ3v) is 3.45. The van der Waals surface area contributed by atoms with E-state index in [-0.39, 0.29) is 35.4 Å². The van der Waals surface area contributed by atoms with Crippen molar-refractivity contribution in [1.82, 2.24) is 10.6 Å². The lowest BCUT2D eigenvalue weighted by molar-refractivity contribution is -0.384. The first-order chi connectivity index (χ1) is 12.0. The Balaban J connectivity index is 1.77. The van der Waals surface area contributed by atoms with Gasteiger partial charge in [0.2, 0.25) is 0 Å². The zero-order valence-corrected chi connectivity index (χ0v) is 13.7. The number of hydrogen-bond donors (Lipinski definition) is 3. The molecule has 0 spiro atoms. The standard InChI is InChI=1S/C16H15ClN4O4/c17-13-7-6-12(10-14(13)21(24)25)20-16(23)19-9-8-18-15(22)11-4-2-1-3-5-11/h1-7,10H,8-9H2,(H,18,22)(H2,19,20,23). The zero-order valence-electron chi connectivity index (χ0n) is 13.0. The smallest absolute Gasteiger partial charge is 0.319 e. The van der Waals surface area contributed by atoms with Gasteiger partial charge in [-0.05, 0) is 24.3 Å².